The summed E-state index contributed by atoms with van der Waals surface area (Å²) in [6.45, 7) is 0. The van der Waals surface area contributed by atoms with Crippen LogP contribution in [-0.2, 0) is 0 Å². The quantitative estimate of drug-likeness (QED) is 0.709. The van der Waals surface area contributed by atoms with E-state index in [1.54, 1.807) is 18.3 Å². The molecule has 0 spiro atoms. The normalized spacial score (nSPS) is 10.5. The first-order valence-electron chi connectivity index (χ1n) is 6.34. The Labute approximate surface area is 132 Å². The van der Waals surface area contributed by atoms with Crippen LogP contribution in [0.3, 0.4) is 0 Å². The van der Waals surface area contributed by atoms with Crippen LogP contribution in [0.15, 0.2) is 54.7 Å². The van der Waals surface area contributed by atoms with E-state index in [1.165, 1.54) is 0 Å². The first-order valence-corrected chi connectivity index (χ1v) is 7.13. The summed E-state index contributed by atoms with van der Waals surface area (Å²) >= 11 is 11.1. The molecule has 3 rings (SSSR count). The second kappa shape index (κ2) is 5.68. The van der Waals surface area contributed by atoms with Gasteiger partial charge in [-0.15, -0.1) is 0 Å². The molecule has 0 fully saturated rings. The van der Waals surface area contributed by atoms with Crippen LogP contribution in [0.5, 0.6) is 0 Å². The number of anilines is 2. The molecule has 1 heterocycles. The third-order valence-corrected chi connectivity index (χ3v) is 3.58. The zero-order valence-corrected chi connectivity index (χ0v) is 12.6. The Balaban J connectivity index is 2.00. The van der Waals surface area contributed by atoms with Crippen molar-refractivity contribution in [2.75, 3.05) is 5.32 Å². The van der Waals surface area contributed by atoms with Gasteiger partial charge in [-0.3, -0.25) is 4.98 Å². The number of nitrogens with one attached hydrogen (secondary N) is 1. The Morgan fingerprint density at radius 2 is 2.00 bits per heavy atom. The molecule has 3 N–H and O–H groups in total. The highest BCUT2D eigenvalue weighted by molar-refractivity contribution is 7.80. The summed E-state index contributed by atoms with van der Waals surface area (Å²) in [6, 6.07) is 15.3. The highest BCUT2D eigenvalue weighted by Gasteiger charge is 2.07. The fraction of sp³-hybridized carbons (Fsp3) is 0. The maximum Gasteiger partial charge on any atom is 0.106 e. The van der Waals surface area contributed by atoms with Crippen LogP contribution in [0, 0.1) is 0 Å². The molecule has 0 aliphatic heterocycles. The van der Waals surface area contributed by atoms with Crippen LogP contribution < -0.4 is 11.1 Å². The van der Waals surface area contributed by atoms with E-state index in [9.17, 15) is 0 Å². The predicted molar refractivity (Wildman–Crippen MR) is 92.4 cm³/mol. The number of aromatic nitrogens is 1. The number of nitrogens with two attached hydrogens (primary N) is 1. The van der Waals surface area contributed by atoms with Crippen LogP contribution >= 0.6 is 23.8 Å². The minimum absolute atomic E-state index is 0.308. The van der Waals surface area contributed by atoms with E-state index < -0.39 is 0 Å². The van der Waals surface area contributed by atoms with E-state index in [1.807, 2.05) is 36.4 Å². The van der Waals surface area contributed by atoms with Crippen LogP contribution in [0.4, 0.5) is 11.4 Å². The van der Waals surface area contributed by atoms with Crippen molar-refractivity contribution in [1.82, 2.24) is 4.98 Å². The minimum Gasteiger partial charge on any atom is -0.389 e. The van der Waals surface area contributed by atoms with E-state index in [0.717, 1.165) is 27.8 Å². The summed E-state index contributed by atoms with van der Waals surface area (Å²) < 4.78 is 0. The van der Waals surface area contributed by atoms with Gasteiger partial charge >= 0.3 is 0 Å². The van der Waals surface area contributed by atoms with Crippen LogP contribution in [-0.4, -0.2) is 9.97 Å². The highest BCUT2D eigenvalue weighted by atomic mass is 35.5. The summed E-state index contributed by atoms with van der Waals surface area (Å²) in [5, 5.41) is 4.99. The molecule has 0 aliphatic rings. The second-order valence-corrected chi connectivity index (χ2v) is 5.47. The Morgan fingerprint density at radius 1 is 1.14 bits per heavy atom. The molecule has 0 atom stereocenters. The van der Waals surface area contributed by atoms with E-state index in [2.05, 4.69) is 10.3 Å². The van der Waals surface area contributed by atoms with Crippen molar-refractivity contribution in [1.29, 1.82) is 0 Å². The largest absolute Gasteiger partial charge is 0.389 e. The molecule has 1 aromatic heterocycles. The summed E-state index contributed by atoms with van der Waals surface area (Å²) in [4.78, 5) is 4.61. The number of rotatable bonds is 3. The molecule has 0 bridgehead atoms. The topological polar surface area (TPSA) is 50.9 Å². The van der Waals surface area contributed by atoms with E-state index in [4.69, 9.17) is 29.6 Å². The maximum atomic E-state index is 5.99. The van der Waals surface area contributed by atoms with Crippen molar-refractivity contribution in [2.45, 2.75) is 0 Å². The van der Waals surface area contributed by atoms with Gasteiger partial charge in [-0.05, 0) is 42.5 Å². The lowest BCUT2D eigenvalue weighted by molar-refractivity contribution is 1.41. The van der Waals surface area contributed by atoms with Gasteiger partial charge in [0.15, 0.2) is 0 Å². The van der Waals surface area contributed by atoms with E-state index >= 15 is 0 Å². The first-order chi connectivity index (χ1) is 10.1. The number of fused-ring (bicyclic) bond motifs is 1. The molecule has 104 valence electrons. The average molecular weight is 314 g/mol. The van der Waals surface area contributed by atoms with Crippen molar-refractivity contribution < 1.29 is 0 Å². The minimum atomic E-state index is 0.308. The zero-order valence-electron chi connectivity index (χ0n) is 11.0. The Kier molecular flexibility index (Phi) is 3.73. The predicted octanol–water partition coefficient (Wildman–Crippen LogP) is 4.27. The van der Waals surface area contributed by atoms with Gasteiger partial charge in [-0.25, -0.2) is 0 Å². The summed E-state index contributed by atoms with van der Waals surface area (Å²) in [5.41, 5.74) is 9.20. The van der Waals surface area contributed by atoms with Gasteiger partial charge in [0, 0.05) is 33.5 Å². The summed E-state index contributed by atoms with van der Waals surface area (Å²) in [7, 11) is 0. The molecule has 0 amide bonds. The molecule has 21 heavy (non-hydrogen) atoms. The van der Waals surface area contributed by atoms with Gasteiger partial charge in [0.2, 0.25) is 0 Å². The van der Waals surface area contributed by atoms with Gasteiger partial charge in [0.05, 0.1) is 5.52 Å². The second-order valence-electron chi connectivity index (χ2n) is 4.59. The van der Waals surface area contributed by atoms with Crippen LogP contribution in [0.1, 0.15) is 5.56 Å². The van der Waals surface area contributed by atoms with Gasteiger partial charge in [-0.2, -0.15) is 0 Å². The molecular weight excluding hydrogens is 302 g/mol. The van der Waals surface area contributed by atoms with Crippen molar-refractivity contribution in [3.63, 3.8) is 0 Å². The Morgan fingerprint density at radius 3 is 2.81 bits per heavy atom. The maximum absolute atomic E-state index is 5.99. The first kappa shape index (κ1) is 13.8. The SMILES string of the molecule is NC(=S)c1cc(Cl)ccc1Nc1ccc2ncccc2c1. The number of halogens is 1. The van der Waals surface area contributed by atoms with E-state index in [-0.39, 0.29) is 0 Å². The zero-order chi connectivity index (χ0) is 14.8. The third kappa shape index (κ3) is 2.96. The molecule has 0 aliphatic carbocycles. The molecule has 5 heteroatoms. The molecule has 0 radical (unpaired) electrons. The monoisotopic (exact) mass is 313 g/mol. The highest BCUT2D eigenvalue weighted by Crippen LogP contribution is 2.26. The molecule has 2 aromatic carbocycles. The van der Waals surface area contributed by atoms with Gasteiger partial charge in [0.1, 0.15) is 4.99 Å². The lowest BCUT2D eigenvalue weighted by Gasteiger charge is -2.12. The number of hydrogen-bond acceptors (Lipinski definition) is 3. The van der Waals surface area contributed by atoms with Gasteiger partial charge in [0.25, 0.3) is 0 Å². The number of hydrogen-bond donors (Lipinski definition) is 2. The van der Waals surface area contributed by atoms with Gasteiger partial charge < -0.3 is 11.1 Å². The molecule has 0 saturated carbocycles. The molecular formula is C16H12ClN3S. The molecule has 3 aromatic rings. The number of pyridine rings is 1. The third-order valence-electron chi connectivity index (χ3n) is 3.13. The van der Waals surface area contributed by atoms with Crippen molar-refractivity contribution in [2.24, 2.45) is 5.73 Å². The van der Waals surface area contributed by atoms with Crippen LogP contribution in [0.2, 0.25) is 5.02 Å². The number of benzene rings is 2. The summed E-state index contributed by atoms with van der Waals surface area (Å²) in [6.07, 6.45) is 1.78. The number of nitrogens with zero attached hydrogens (tertiary/aromatic N) is 1. The fourth-order valence-electron chi connectivity index (χ4n) is 2.14. The lowest BCUT2D eigenvalue weighted by atomic mass is 10.1. The Bertz CT molecular complexity index is 833. The van der Waals surface area contributed by atoms with Crippen molar-refractivity contribution in [3.8, 4) is 0 Å². The standard InChI is InChI=1S/C16H12ClN3S/c17-11-3-5-15(13(9-11)16(18)21)20-12-4-6-14-10(8-12)2-1-7-19-14/h1-9,20H,(H2,18,21). The Hall–Kier alpha value is -2.17. The van der Waals surface area contributed by atoms with Gasteiger partial charge in [-0.1, -0.05) is 29.9 Å². The smallest absolute Gasteiger partial charge is 0.106 e. The lowest BCUT2D eigenvalue weighted by Crippen LogP contribution is -2.11. The van der Waals surface area contributed by atoms with Crippen molar-refractivity contribution in [3.05, 3.63) is 65.3 Å². The van der Waals surface area contributed by atoms with Crippen molar-refractivity contribution >= 4 is 51.1 Å². The average Bonchev–Trinajstić information content (AvgIpc) is 2.49. The van der Waals surface area contributed by atoms with E-state index in [0.29, 0.717) is 10.0 Å². The molecule has 3 nitrogen and oxygen atoms in total. The fourth-order valence-corrected chi connectivity index (χ4v) is 2.48. The number of thiocarbonyl (C=S) groups is 1. The molecule has 0 saturated heterocycles. The van der Waals surface area contributed by atoms with Crippen LogP contribution in [0.25, 0.3) is 10.9 Å². The summed E-state index contributed by atoms with van der Waals surface area (Å²) in [5.74, 6) is 0. The molecule has 0 unspecified atom stereocenters.